The van der Waals surface area contributed by atoms with Gasteiger partial charge < -0.3 is 10.1 Å². The molecule has 1 aromatic rings. The Morgan fingerprint density at radius 3 is 2.75 bits per heavy atom. The van der Waals surface area contributed by atoms with Gasteiger partial charge in [-0.3, -0.25) is 0 Å². The molecule has 90 valence electrons. The van der Waals surface area contributed by atoms with Gasteiger partial charge in [0.1, 0.15) is 5.75 Å². The third kappa shape index (κ3) is 4.03. The lowest BCUT2D eigenvalue weighted by atomic mass is 10.1. The fraction of sp³-hybridized carbons (Fsp3) is 0.538. The smallest absolute Gasteiger partial charge is 0.123 e. The van der Waals surface area contributed by atoms with Crippen LogP contribution in [0.1, 0.15) is 32.8 Å². The average Bonchev–Trinajstić information content (AvgIpc) is 2.29. The van der Waals surface area contributed by atoms with E-state index >= 15 is 0 Å². The second-order valence-electron chi connectivity index (χ2n) is 3.88. The Morgan fingerprint density at radius 2 is 2.12 bits per heavy atom. The van der Waals surface area contributed by atoms with Crippen LogP contribution in [0.15, 0.2) is 18.2 Å². The Hall–Kier alpha value is -0.730. The summed E-state index contributed by atoms with van der Waals surface area (Å²) in [4.78, 5) is 0. The number of benzene rings is 1. The molecule has 1 N–H and O–H groups in total. The van der Waals surface area contributed by atoms with Gasteiger partial charge in [-0.05, 0) is 38.5 Å². The zero-order chi connectivity index (χ0) is 12.0. The zero-order valence-corrected chi connectivity index (χ0v) is 11.0. The van der Waals surface area contributed by atoms with Crippen LogP contribution in [0, 0.1) is 0 Å². The summed E-state index contributed by atoms with van der Waals surface area (Å²) in [6.45, 7) is 7.80. The third-order valence-corrected chi connectivity index (χ3v) is 2.81. The maximum atomic E-state index is 5.98. The minimum absolute atomic E-state index is 0.508. The molecule has 3 heteroatoms. The fourth-order valence-corrected chi connectivity index (χ4v) is 1.61. The summed E-state index contributed by atoms with van der Waals surface area (Å²) in [6.07, 6.45) is 1.12. The third-order valence-electron chi connectivity index (χ3n) is 2.58. The maximum absolute atomic E-state index is 5.98. The number of halogens is 1. The molecule has 0 aromatic heterocycles. The van der Waals surface area contributed by atoms with Gasteiger partial charge in [0.25, 0.3) is 0 Å². The van der Waals surface area contributed by atoms with E-state index in [1.165, 1.54) is 0 Å². The van der Waals surface area contributed by atoms with Crippen molar-refractivity contribution in [2.24, 2.45) is 0 Å². The highest BCUT2D eigenvalue weighted by Gasteiger charge is 2.05. The van der Waals surface area contributed by atoms with Gasteiger partial charge in [-0.2, -0.15) is 0 Å². The Balaban J connectivity index is 2.71. The van der Waals surface area contributed by atoms with Crippen molar-refractivity contribution < 1.29 is 4.74 Å². The standard InChI is InChI=1S/C13H20ClNO/c1-4-10(3)15-9-11-8-12(14)6-7-13(11)16-5-2/h6-8,10,15H,4-5,9H2,1-3H3/t10-/m1/s1. The monoisotopic (exact) mass is 241 g/mol. The van der Waals surface area contributed by atoms with E-state index in [2.05, 4.69) is 19.2 Å². The molecule has 0 unspecified atom stereocenters. The average molecular weight is 242 g/mol. The molecule has 0 saturated carbocycles. The topological polar surface area (TPSA) is 21.3 Å². The highest BCUT2D eigenvalue weighted by atomic mass is 35.5. The SMILES string of the molecule is CCOc1ccc(Cl)cc1CN[C@H](C)CC. The first kappa shape index (κ1) is 13.3. The van der Waals surface area contributed by atoms with Crippen molar-refractivity contribution in [2.45, 2.75) is 39.8 Å². The van der Waals surface area contributed by atoms with Crippen LogP contribution in [0.2, 0.25) is 5.02 Å². The van der Waals surface area contributed by atoms with Crippen LogP contribution in [-0.2, 0) is 6.54 Å². The summed E-state index contributed by atoms with van der Waals surface area (Å²) < 4.78 is 5.56. The van der Waals surface area contributed by atoms with Crippen LogP contribution in [0.25, 0.3) is 0 Å². The van der Waals surface area contributed by atoms with E-state index in [4.69, 9.17) is 16.3 Å². The second kappa shape index (κ2) is 6.77. The number of hydrogen-bond donors (Lipinski definition) is 1. The van der Waals surface area contributed by atoms with Crippen LogP contribution < -0.4 is 10.1 Å². The van der Waals surface area contributed by atoms with E-state index in [1.807, 2.05) is 25.1 Å². The van der Waals surface area contributed by atoms with Crippen LogP contribution in [0.3, 0.4) is 0 Å². The highest BCUT2D eigenvalue weighted by molar-refractivity contribution is 6.30. The predicted molar refractivity (Wildman–Crippen MR) is 69.2 cm³/mol. The molecule has 0 amide bonds. The van der Waals surface area contributed by atoms with Gasteiger partial charge in [0.15, 0.2) is 0 Å². The summed E-state index contributed by atoms with van der Waals surface area (Å²) in [5.41, 5.74) is 1.12. The summed E-state index contributed by atoms with van der Waals surface area (Å²) in [6, 6.07) is 6.26. The van der Waals surface area contributed by atoms with Gasteiger partial charge in [0.2, 0.25) is 0 Å². The quantitative estimate of drug-likeness (QED) is 0.821. The molecule has 1 atom stereocenters. The predicted octanol–water partition coefficient (Wildman–Crippen LogP) is 3.63. The Bertz CT molecular complexity index is 328. The van der Waals surface area contributed by atoms with E-state index < -0.39 is 0 Å². The molecule has 0 aliphatic heterocycles. The van der Waals surface area contributed by atoms with Gasteiger partial charge in [-0.25, -0.2) is 0 Å². The molecule has 0 spiro atoms. The van der Waals surface area contributed by atoms with Crippen molar-refractivity contribution in [3.05, 3.63) is 28.8 Å². The lowest BCUT2D eigenvalue weighted by Crippen LogP contribution is -2.24. The summed E-state index contributed by atoms with van der Waals surface area (Å²) in [7, 11) is 0. The van der Waals surface area contributed by atoms with E-state index in [9.17, 15) is 0 Å². The van der Waals surface area contributed by atoms with E-state index in [1.54, 1.807) is 0 Å². The minimum Gasteiger partial charge on any atom is -0.494 e. The van der Waals surface area contributed by atoms with Crippen LogP contribution in [-0.4, -0.2) is 12.6 Å². The molecule has 0 aliphatic carbocycles. The van der Waals surface area contributed by atoms with Crippen molar-refractivity contribution in [3.8, 4) is 5.75 Å². The minimum atomic E-state index is 0.508. The van der Waals surface area contributed by atoms with Crippen molar-refractivity contribution >= 4 is 11.6 Å². The van der Waals surface area contributed by atoms with Gasteiger partial charge in [-0.1, -0.05) is 18.5 Å². The lowest BCUT2D eigenvalue weighted by Gasteiger charge is -2.14. The molecular formula is C13H20ClNO. The Morgan fingerprint density at radius 1 is 1.38 bits per heavy atom. The molecule has 0 heterocycles. The number of rotatable bonds is 6. The summed E-state index contributed by atoms with van der Waals surface area (Å²) in [5.74, 6) is 0.919. The van der Waals surface area contributed by atoms with Crippen molar-refractivity contribution in [2.75, 3.05) is 6.61 Å². The van der Waals surface area contributed by atoms with Crippen LogP contribution in [0.4, 0.5) is 0 Å². The summed E-state index contributed by atoms with van der Waals surface area (Å²) >= 11 is 5.98. The highest BCUT2D eigenvalue weighted by Crippen LogP contribution is 2.23. The van der Waals surface area contributed by atoms with Crippen molar-refractivity contribution in [3.63, 3.8) is 0 Å². The molecule has 0 radical (unpaired) electrons. The Kier molecular flexibility index (Phi) is 5.64. The number of ether oxygens (including phenoxy) is 1. The van der Waals surface area contributed by atoms with Crippen LogP contribution >= 0.6 is 11.6 Å². The molecule has 1 aromatic carbocycles. The first-order valence-corrected chi connectivity index (χ1v) is 6.19. The van der Waals surface area contributed by atoms with Crippen LogP contribution in [0.5, 0.6) is 5.75 Å². The normalized spacial score (nSPS) is 12.5. The number of hydrogen-bond acceptors (Lipinski definition) is 2. The van der Waals surface area contributed by atoms with E-state index in [0.717, 1.165) is 29.3 Å². The molecule has 0 saturated heterocycles. The molecule has 0 aliphatic rings. The van der Waals surface area contributed by atoms with Gasteiger partial charge >= 0.3 is 0 Å². The second-order valence-corrected chi connectivity index (χ2v) is 4.31. The van der Waals surface area contributed by atoms with E-state index in [-0.39, 0.29) is 0 Å². The molecule has 0 fully saturated rings. The lowest BCUT2D eigenvalue weighted by molar-refractivity contribution is 0.334. The van der Waals surface area contributed by atoms with Crippen molar-refractivity contribution in [1.29, 1.82) is 0 Å². The zero-order valence-electron chi connectivity index (χ0n) is 10.2. The van der Waals surface area contributed by atoms with Crippen molar-refractivity contribution in [1.82, 2.24) is 5.32 Å². The van der Waals surface area contributed by atoms with E-state index in [0.29, 0.717) is 12.6 Å². The first-order chi connectivity index (χ1) is 7.67. The largest absolute Gasteiger partial charge is 0.494 e. The molecule has 2 nitrogen and oxygen atoms in total. The maximum Gasteiger partial charge on any atom is 0.123 e. The Labute approximate surface area is 103 Å². The molecule has 1 rings (SSSR count). The van der Waals surface area contributed by atoms with Gasteiger partial charge in [0, 0.05) is 23.2 Å². The summed E-state index contributed by atoms with van der Waals surface area (Å²) in [5, 5.41) is 4.19. The molecule has 16 heavy (non-hydrogen) atoms. The fourth-order valence-electron chi connectivity index (χ4n) is 1.41. The molecule has 0 bridgehead atoms. The first-order valence-electron chi connectivity index (χ1n) is 5.82. The number of nitrogens with one attached hydrogen (secondary N) is 1. The molecular weight excluding hydrogens is 222 g/mol. The van der Waals surface area contributed by atoms with Gasteiger partial charge in [0.05, 0.1) is 6.61 Å². The van der Waals surface area contributed by atoms with Gasteiger partial charge in [-0.15, -0.1) is 0 Å².